The molecule has 2 aliphatic heterocycles. The second-order valence-corrected chi connectivity index (χ2v) is 6.15. The van der Waals surface area contributed by atoms with Crippen LogP contribution < -0.4 is 0 Å². The van der Waals surface area contributed by atoms with E-state index in [2.05, 4.69) is 15.9 Å². The topological polar surface area (TPSA) is 91.4 Å². The standard InChI is InChI=1S/C14H16BrNO7S/c1-4-22-12(19)14(7-15)8(10(17)20-2)9(11(18)21-3)16-5-6-24-13(16)23-14/h5-6,13H,4,7H2,1-3H3. The average Bonchev–Trinajstić information content (AvgIpc) is 3.06. The molecule has 24 heavy (non-hydrogen) atoms. The van der Waals surface area contributed by atoms with Crippen LogP contribution >= 0.6 is 27.7 Å². The number of thioether (sulfide) groups is 1. The fourth-order valence-corrected chi connectivity index (χ4v) is 3.84. The Morgan fingerprint density at radius 1 is 1.33 bits per heavy atom. The van der Waals surface area contributed by atoms with E-state index in [-0.39, 0.29) is 23.2 Å². The van der Waals surface area contributed by atoms with Crippen molar-refractivity contribution in [2.45, 2.75) is 18.1 Å². The second kappa shape index (κ2) is 7.58. The highest BCUT2D eigenvalue weighted by molar-refractivity contribution is 9.09. The van der Waals surface area contributed by atoms with Gasteiger partial charge in [0.05, 0.1) is 20.8 Å². The first-order valence-electron chi connectivity index (χ1n) is 6.89. The van der Waals surface area contributed by atoms with E-state index in [0.29, 0.717) is 0 Å². The van der Waals surface area contributed by atoms with Gasteiger partial charge in [-0.2, -0.15) is 0 Å². The highest BCUT2D eigenvalue weighted by Crippen LogP contribution is 2.44. The number of fused-ring (bicyclic) bond motifs is 1. The van der Waals surface area contributed by atoms with Crippen LogP contribution in [0, 0.1) is 0 Å². The van der Waals surface area contributed by atoms with Gasteiger partial charge in [0.2, 0.25) is 5.60 Å². The van der Waals surface area contributed by atoms with Crippen LogP contribution in [0.15, 0.2) is 22.9 Å². The van der Waals surface area contributed by atoms with Gasteiger partial charge in [0.25, 0.3) is 0 Å². The number of methoxy groups -OCH3 is 2. The van der Waals surface area contributed by atoms with Gasteiger partial charge in [-0.15, -0.1) is 0 Å². The number of carbonyl (C=O) groups is 3. The maximum absolute atomic E-state index is 12.6. The van der Waals surface area contributed by atoms with Gasteiger partial charge in [-0.3, -0.25) is 0 Å². The first-order chi connectivity index (χ1) is 11.5. The molecule has 0 aromatic heterocycles. The van der Waals surface area contributed by atoms with E-state index in [0.717, 1.165) is 7.11 Å². The molecule has 10 heteroatoms. The Kier molecular flexibility index (Phi) is 5.94. The summed E-state index contributed by atoms with van der Waals surface area (Å²) in [6, 6.07) is 0. The molecule has 0 aromatic rings. The summed E-state index contributed by atoms with van der Waals surface area (Å²) >= 11 is 4.44. The third-order valence-electron chi connectivity index (χ3n) is 3.41. The molecule has 2 unspecified atom stereocenters. The van der Waals surface area contributed by atoms with Gasteiger partial charge in [0.1, 0.15) is 11.3 Å². The molecule has 2 atom stereocenters. The SMILES string of the molecule is CCOC(=O)C1(CBr)OC2SC=CN2C(C(=O)OC)=C1C(=O)OC. The molecule has 0 radical (unpaired) electrons. The second-order valence-electron chi connectivity index (χ2n) is 4.64. The monoisotopic (exact) mass is 421 g/mol. The molecule has 0 amide bonds. The zero-order valence-corrected chi connectivity index (χ0v) is 15.6. The van der Waals surface area contributed by atoms with Crippen LogP contribution in [0.25, 0.3) is 0 Å². The minimum atomic E-state index is -1.83. The maximum Gasteiger partial charge on any atom is 0.355 e. The highest BCUT2D eigenvalue weighted by atomic mass is 79.9. The number of hydrogen-bond acceptors (Lipinski definition) is 9. The van der Waals surface area contributed by atoms with Crippen molar-refractivity contribution in [2.24, 2.45) is 0 Å². The van der Waals surface area contributed by atoms with Crippen molar-refractivity contribution in [3.63, 3.8) is 0 Å². The number of alkyl halides is 1. The van der Waals surface area contributed by atoms with Crippen molar-refractivity contribution in [3.8, 4) is 0 Å². The summed E-state index contributed by atoms with van der Waals surface area (Å²) in [5, 5.41) is 1.58. The molecule has 0 aromatic carbocycles. The molecule has 0 N–H and O–H groups in total. The Hall–Kier alpha value is -1.52. The first-order valence-corrected chi connectivity index (χ1v) is 8.96. The van der Waals surface area contributed by atoms with Crippen molar-refractivity contribution in [2.75, 3.05) is 26.2 Å². The van der Waals surface area contributed by atoms with Crippen molar-refractivity contribution < 1.29 is 33.3 Å². The van der Waals surface area contributed by atoms with Crippen molar-refractivity contribution in [3.05, 3.63) is 22.9 Å². The fourth-order valence-electron chi connectivity index (χ4n) is 2.34. The summed E-state index contributed by atoms with van der Waals surface area (Å²) in [5.41, 5.74) is -2.92. The van der Waals surface area contributed by atoms with E-state index < -0.39 is 29.1 Å². The molecule has 0 bridgehead atoms. The molecule has 2 aliphatic rings. The third kappa shape index (κ3) is 2.93. The molecule has 0 aliphatic carbocycles. The molecular formula is C14H16BrNO7S. The largest absolute Gasteiger partial charge is 0.466 e. The molecule has 0 saturated carbocycles. The van der Waals surface area contributed by atoms with Gasteiger partial charge in [-0.05, 0) is 12.3 Å². The maximum atomic E-state index is 12.6. The van der Waals surface area contributed by atoms with Gasteiger partial charge in [0, 0.05) is 11.5 Å². The lowest BCUT2D eigenvalue weighted by Crippen LogP contribution is -2.57. The Bertz CT molecular complexity index is 620. The number of hydrogen-bond donors (Lipinski definition) is 0. The quantitative estimate of drug-likeness (QED) is 0.367. The molecule has 0 spiro atoms. The Labute approximate surface area is 151 Å². The van der Waals surface area contributed by atoms with Gasteiger partial charge in [-0.25, -0.2) is 14.4 Å². The molecule has 2 heterocycles. The van der Waals surface area contributed by atoms with Gasteiger partial charge in [0.15, 0.2) is 5.56 Å². The van der Waals surface area contributed by atoms with Gasteiger partial charge < -0.3 is 23.8 Å². The van der Waals surface area contributed by atoms with Crippen molar-refractivity contribution in [1.29, 1.82) is 0 Å². The molecule has 0 fully saturated rings. The van der Waals surface area contributed by atoms with E-state index >= 15 is 0 Å². The Morgan fingerprint density at radius 2 is 2.00 bits per heavy atom. The number of rotatable bonds is 5. The first kappa shape index (κ1) is 18.8. The summed E-state index contributed by atoms with van der Waals surface area (Å²) < 4.78 is 20.5. The van der Waals surface area contributed by atoms with E-state index in [9.17, 15) is 14.4 Å². The number of esters is 3. The fraction of sp³-hybridized carbons (Fsp3) is 0.500. The summed E-state index contributed by atoms with van der Waals surface area (Å²) in [7, 11) is 2.33. The molecule has 2 rings (SSSR count). The van der Waals surface area contributed by atoms with Crippen molar-refractivity contribution in [1.82, 2.24) is 4.90 Å². The lowest BCUT2D eigenvalue weighted by molar-refractivity contribution is -0.178. The van der Waals surface area contributed by atoms with E-state index in [4.69, 9.17) is 18.9 Å². The third-order valence-corrected chi connectivity index (χ3v) is 5.03. The van der Waals surface area contributed by atoms with Crippen LogP contribution in [0.4, 0.5) is 0 Å². The van der Waals surface area contributed by atoms with Crippen LogP contribution in [0.2, 0.25) is 0 Å². The average molecular weight is 422 g/mol. The summed E-state index contributed by atoms with van der Waals surface area (Å²) in [6.45, 7) is 1.71. The highest BCUT2D eigenvalue weighted by Gasteiger charge is 2.57. The molecular weight excluding hydrogens is 406 g/mol. The molecule has 8 nitrogen and oxygen atoms in total. The van der Waals surface area contributed by atoms with Crippen LogP contribution in [-0.4, -0.2) is 60.1 Å². The summed E-state index contributed by atoms with van der Waals surface area (Å²) in [6.07, 6.45) is 1.56. The van der Waals surface area contributed by atoms with E-state index in [1.807, 2.05) is 0 Å². The smallest absolute Gasteiger partial charge is 0.355 e. The van der Waals surface area contributed by atoms with E-state index in [1.54, 1.807) is 18.5 Å². The van der Waals surface area contributed by atoms with Gasteiger partial charge >= 0.3 is 17.9 Å². The number of carbonyl (C=O) groups excluding carboxylic acids is 3. The van der Waals surface area contributed by atoms with Crippen molar-refractivity contribution >= 4 is 45.6 Å². The number of ether oxygens (including phenoxy) is 4. The Morgan fingerprint density at radius 3 is 2.54 bits per heavy atom. The molecule has 0 saturated heterocycles. The minimum Gasteiger partial charge on any atom is -0.466 e. The van der Waals surface area contributed by atoms with E-state index in [1.165, 1.54) is 23.8 Å². The normalized spacial score (nSPS) is 25.3. The lowest BCUT2D eigenvalue weighted by atomic mass is 9.91. The van der Waals surface area contributed by atoms with Crippen LogP contribution in [-0.2, 0) is 33.3 Å². The molecule has 132 valence electrons. The zero-order valence-electron chi connectivity index (χ0n) is 13.2. The minimum absolute atomic E-state index is 0.0821. The zero-order chi connectivity index (χ0) is 17.9. The predicted molar refractivity (Wildman–Crippen MR) is 87.7 cm³/mol. The predicted octanol–water partition coefficient (Wildman–Crippen LogP) is 1.12. The van der Waals surface area contributed by atoms with Gasteiger partial charge in [-0.1, -0.05) is 27.7 Å². The summed E-state index contributed by atoms with van der Waals surface area (Å²) in [4.78, 5) is 38.8. The Balaban J connectivity index is 2.73. The summed E-state index contributed by atoms with van der Waals surface area (Å²) in [5.74, 6) is -2.46. The number of halogens is 1. The lowest BCUT2D eigenvalue weighted by Gasteiger charge is -2.42. The number of nitrogens with zero attached hydrogens (tertiary/aromatic N) is 1. The van der Waals surface area contributed by atoms with Crippen LogP contribution in [0.5, 0.6) is 0 Å². The van der Waals surface area contributed by atoms with Crippen LogP contribution in [0.1, 0.15) is 6.92 Å². The van der Waals surface area contributed by atoms with Crippen LogP contribution in [0.3, 0.4) is 0 Å².